The standard InChI is InChI=1S/C11H10BrCl2NO/c12-10-7-15(6-5-13)11(16-10)8-1-3-9(14)4-2-8/h1-4,7,11H,5-6H2. The van der Waals surface area contributed by atoms with Crippen molar-refractivity contribution in [3.05, 3.63) is 45.7 Å². The molecule has 0 spiro atoms. The van der Waals surface area contributed by atoms with E-state index in [0.717, 1.165) is 21.8 Å². The lowest BCUT2D eigenvalue weighted by atomic mass is 10.2. The van der Waals surface area contributed by atoms with Crippen LogP contribution < -0.4 is 0 Å². The Morgan fingerprint density at radius 2 is 2.00 bits per heavy atom. The Morgan fingerprint density at radius 1 is 1.31 bits per heavy atom. The second-order valence-electron chi connectivity index (χ2n) is 3.38. The van der Waals surface area contributed by atoms with Gasteiger partial charge in [-0.15, -0.1) is 11.6 Å². The van der Waals surface area contributed by atoms with E-state index in [1.54, 1.807) is 0 Å². The van der Waals surface area contributed by atoms with Crippen molar-refractivity contribution in [2.75, 3.05) is 12.4 Å². The fourth-order valence-corrected chi connectivity index (χ4v) is 2.33. The van der Waals surface area contributed by atoms with Crippen molar-refractivity contribution in [3.8, 4) is 0 Å². The molecule has 0 saturated heterocycles. The van der Waals surface area contributed by atoms with Crippen molar-refractivity contribution < 1.29 is 4.74 Å². The molecule has 1 heterocycles. The van der Waals surface area contributed by atoms with Crippen molar-refractivity contribution in [1.29, 1.82) is 0 Å². The number of hydrogen-bond donors (Lipinski definition) is 0. The van der Waals surface area contributed by atoms with Crippen molar-refractivity contribution in [1.82, 2.24) is 4.90 Å². The van der Waals surface area contributed by atoms with Crippen LogP contribution in [0.4, 0.5) is 0 Å². The molecule has 0 amide bonds. The van der Waals surface area contributed by atoms with Gasteiger partial charge in [0.15, 0.2) is 10.9 Å². The molecule has 1 aliphatic rings. The van der Waals surface area contributed by atoms with E-state index in [2.05, 4.69) is 15.9 Å². The Hall–Kier alpha value is -0.380. The molecule has 0 radical (unpaired) electrons. The summed E-state index contributed by atoms with van der Waals surface area (Å²) in [5, 5.41) is 0.720. The van der Waals surface area contributed by atoms with Crippen LogP contribution in [0.3, 0.4) is 0 Å². The molecule has 0 fully saturated rings. The summed E-state index contributed by atoms with van der Waals surface area (Å²) in [5.41, 5.74) is 1.06. The van der Waals surface area contributed by atoms with Gasteiger partial charge in [-0.05, 0) is 28.1 Å². The fourth-order valence-electron chi connectivity index (χ4n) is 1.57. The number of rotatable bonds is 3. The van der Waals surface area contributed by atoms with Crippen molar-refractivity contribution in [3.63, 3.8) is 0 Å². The first-order valence-electron chi connectivity index (χ1n) is 4.82. The maximum atomic E-state index is 5.85. The summed E-state index contributed by atoms with van der Waals surface area (Å²) in [7, 11) is 0. The zero-order valence-corrected chi connectivity index (χ0v) is 11.5. The summed E-state index contributed by atoms with van der Waals surface area (Å²) in [5.74, 6) is 0.560. The Balaban J connectivity index is 2.17. The number of nitrogens with zero attached hydrogens (tertiary/aromatic N) is 1. The Morgan fingerprint density at radius 3 is 2.62 bits per heavy atom. The first-order chi connectivity index (χ1) is 7.70. The van der Waals surface area contributed by atoms with E-state index in [1.807, 2.05) is 35.4 Å². The molecule has 0 saturated carbocycles. The van der Waals surface area contributed by atoms with Crippen LogP contribution in [0, 0.1) is 0 Å². The van der Waals surface area contributed by atoms with Crippen LogP contribution in [-0.4, -0.2) is 17.3 Å². The topological polar surface area (TPSA) is 12.5 Å². The zero-order chi connectivity index (χ0) is 11.5. The van der Waals surface area contributed by atoms with Crippen LogP contribution in [0.2, 0.25) is 5.02 Å². The van der Waals surface area contributed by atoms with Crippen LogP contribution in [0.1, 0.15) is 11.8 Å². The molecule has 1 aliphatic heterocycles. The molecule has 1 aromatic carbocycles. The Bertz CT molecular complexity index is 393. The minimum absolute atomic E-state index is 0.120. The van der Waals surface area contributed by atoms with Gasteiger partial charge in [0.25, 0.3) is 0 Å². The summed E-state index contributed by atoms with van der Waals surface area (Å²) in [6, 6.07) is 7.61. The molecule has 5 heteroatoms. The molecule has 0 bridgehead atoms. The van der Waals surface area contributed by atoms with E-state index in [9.17, 15) is 0 Å². The van der Waals surface area contributed by atoms with Crippen LogP contribution in [0.25, 0.3) is 0 Å². The van der Waals surface area contributed by atoms with E-state index in [0.29, 0.717) is 5.88 Å². The maximum Gasteiger partial charge on any atom is 0.199 e. The van der Waals surface area contributed by atoms with Crippen molar-refractivity contribution in [2.24, 2.45) is 0 Å². The molecule has 0 aliphatic carbocycles. The Kier molecular flexibility index (Phi) is 4.00. The molecule has 16 heavy (non-hydrogen) atoms. The normalized spacial score (nSPS) is 19.6. The van der Waals surface area contributed by atoms with E-state index < -0.39 is 0 Å². The molecule has 1 unspecified atom stereocenters. The molecule has 2 nitrogen and oxygen atoms in total. The first kappa shape index (κ1) is 12.1. The highest BCUT2D eigenvalue weighted by Gasteiger charge is 2.25. The third-order valence-corrected chi connectivity index (χ3v) is 3.10. The Labute approximate surface area is 113 Å². The van der Waals surface area contributed by atoms with E-state index in [1.165, 1.54) is 0 Å². The predicted molar refractivity (Wildman–Crippen MR) is 69.7 cm³/mol. The minimum Gasteiger partial charge on any atom is -0.458 e. The van der Waals surface area contributed by atoms with Gasteiger partial charge in [-0.25, -0.2) is 0 Å². The van der Waals surface area contributed by atoms with E-state index >= 15 is 0 Å². The zero-order valence-electron chi connectivity index (χ0n) is 8.37. The van der Waals surface area contributed by atoms with Crippen LogP contribution >= 0.6 is 39.1 Å². The highest BCUT2D eigenvalue weighted by molar-refractivity contribution is 9.11. The molecule has 0 aromatic heterocycles. The van der Waals surface area contributed by atoms with Gasteiger partial charge in [-0.1, -0.05) is 23.7 Å². The summed E-state index contributed by atoms with van der Waals surface area (Å²) >= 11 is 14.9. The summed E-state index contributed by atoms with van der Waals surface area (Å²) < 4.78 is 6.37. The lowest BCUT2D eigenvalue weighted by Gasteiger charge is -2.23. The molecule has 1 aromatic rings. The minimum atomic E-state index is -0.120. The summed E-state index contributed by atoms with van der Waals surface area (Å²) in [4.78, 5) is 2.04. The van der Waals surface area contributed by atoms with Gasteiger partial charge >= 0.3 is 0 Å². The molecule has 0 N–H and O–H groups in total. The maximum absolute atomic E-state index is 5.85. The number of benzene rings is 1. The van der Waals surface area contributed by atoms with E-state index in [4.69, 9.17) is 27.9 Å². The lowest BCUT2D eigenvalue weighted by molar-refractivity contribution is 0.0573. The predicted octanol–water partition coefficient (Wildman–Crippen LogP) is 4.10. The van der Waals surface area contributed by atoms with Gasteiger partial charge in [0.05, 0.1) is 6.20 Å². The first-order valence-corrected chi connectivity index (χ1v) is 6.52. The van der Waals surface area contributed by atoms with Gasteiger partial charge in [0, 0.05) is 23.0 Å². The summed E-state index contributed by atoms with van der Waals surface area (Å²) in [6.07, 6.45) is 1.78. The third kappa shape index (κ3) is 2.65. The van der Waals surface area contributed by atoms with Gasteiger partial charge in [-0.2, -0.15) is 0 Å². The average molecular weight is 323 g/mol. The highest BCUT2D eigenvalue weighted by atomic mass is 79.9. The second-order valence-corrected chi connectivity index (χ2v) is 4.98. The number of halogens is 3. The van der Waals surface area contributed by atoms with Crippen molar-refractivity contribution >= 4 is 39.1 Å². The number of alkyl halides is 1. The van der Waals surface area contributed by atoms with Gasteiger partial charge in [-0.3, -0.25) is 0 Å². The largest absolute Gasteiger partial charge is 0.458 e. The van der Waals surface area contributed by atoms with E-state index in [-0.39, 0.29) is 6.23 Å². The SMILES string of the molecule is ClCCN1C=C(Br)OC1c1ccc(Cl)cc1. The van der Waals surface area contributed by atoms with Crippen LogP contribution in [0.15, 0.2) is 35.1 Å². The molecule has 2 rings (SSSR count). The molecular weight excluding hydrogens is 313 g/mol. The molecule has 86 valence electrons. The quantitative estimate of drug-likeness (QED) is 0.777. The van der Waals surface area contributed by atoms with Crippen LogP contribution in [-0.2, 0) is 4.74 Å². The second kappa shape index (κ2) is 5.30. The fraction of sp³-hybridized carbons (Fsp3) is 0.273. The lowest BCUT2D eigenvalue weighted by Crippen LogP contribution is -2.22. The number of ether oxygens (including phenoxy) is 1. The average Bonchev–Trinajstić information content (AvgIpc) is 2.61. The van der Waals surface area contributed by atoms with Crippen molar-refractivity contribution in [2.45, 2.75) is 6.23 Å². The van der Waals surface area contributed by atoms with Gasteiger partial charge in [0.1, 0.15) is 0 Å². The van der Waals surface area contributed by atoms with Crippen LogP contribution in [0.5, 0.6) is 0 Å². The summed E-state index contributed by atoms with van der Waals surface area (Å²) in [6.45, 7) is 0.740. The third-order valence-electron chi connectivity index (χ3n) is 2.29. The molecular formula is C11H10BrCl2NO. The van der Waals surface area contributed by atoms with Gasteiger partial charge in [0.2, 0.25) is 0 Å². The van der Waals surface area contributed by atoms with Gasteiger partial charge < -0.3 is 9.64 Å². The highest BCUT2D eigenvalue weighted by Crippen LogP contribution is 2.34. The monoisotopic (exact) mass is 321 g/mol. The smallest absolute Gasteiger partial charge is 0.199 e. The molecule has 1 atom stereocenters. The number of hydrogen-bond acceptors (Lipinski definition) is 2.